The van der Waals surface area contributed by atoms with Gasteiger partial charge in [0.25, 0.3) is 0 Å². The second kappa shape index (κ2) is 5.80. The molecule has 98 valence electrons. The SMILES string of the molecule is O=C(Cc1ccc(F)c(F)c1)c1ccc(Br)c(Cl)c1. The van der Waals surface area contributed by atoms with Crippen molar-refractivity contribution in [1.29, 1.82) is 0 Å². The highest BCUT2D eigenvalue weighted by Crippen LogP contribution is 2.24. The zero-order chi connectivity index (χ0) is 14.0. The van der Waals surface area contributed by atoms with Gasteiger partial charge < -0.3 is 0 Å². The highest BCUT2D eigenvalue weighted by molar-refractivity contribution is 9.10. The molecule has 0 aliphatic rings. The van der Waals surface area contributed by atoms with E-state index in [1.807, 2.05) is 0 Å². The number of ketones is 1. The quantitative estimate of drug-likeness (QED) is 0.730. The molecule has 2 aromatic rings. The molecule has 0 unspecified atom stereocenters. The van der Waals surface area contributed by atoms with Crippen LogP contribution in [-0.2, 0) is 6.42 Å². The summed E-state index contributed by atoms with van der Waals surface area (Å²) in [4.78, 5) is 12.0. The lowest BCUT2D eigenvalue weighted by Crippen LogP contribution is -2.04. The Morgan fingerprint density at radius 2 is 1.84 bits per heavy atom. The van der Waals surface area contributed by atoms with E-state index in [0.717, 1.165) is 12.1 Å². The van der Waals surface area contributed by atoms with Crippen molar-refractivity contribution in [1.82, 2.24) is 0 Å². The number of rotatable bonds is 3. The first-order valence-electron chi connectivity index (χ1n) is 5.39. The molecule has 0 saturated heterocycles. The van der Waals surface area contributed by atoms with Crippen LogP contribution < -0.4 is 0 Å². The lowest BCUT2D eigenvalue weighted by atomic mass is 10.0. The summed E-state index contributed by atoms with van der Waals surface area (Å²) in [5, 5.41) is 0.427. The predicted octanol–water partition coefficient (Wildman–Crippen LogP) is 4.81. The molecule has 0 atom stereocenters. The Balaban J connectivity index is 2.20. The number of hydrogen-bond donors (Lipinski definition) is 0. The van der Waals surface area contributed by atoms with Gasteiger partial charge in [0.2, 0.25) is 0 Å². The molecule has 0 N–H and O–H groups in total. The van der Waals surface area contributed by atoms with E-state index >= 15 is 0 Å². The van der Waals surface area contributed by atoms with Crippen molar-refractivity contribution in [3.8, 4) is 0 Å². The van der Waals surface area contributed by atoms with Gasteiger partial charge in [0.05, 0.1) is 5.02 Å². The van der Waals surface area contributed by atoms with Crippen LogP contribution in [0.5, 0.6) is 0 Å². The summed E-state index contributed by atoms with van der Waals surface area (Å²) in [6.45, 7) is 0. The van der Waals surface area contributed by atoms with E-state index in [1.165, 1.54) is 12.1 Å². The third kappa shape index (κ3) is 3.39. The van der Waals surface area contributed by atoms with Crippen LogP contribution >= 0.6 is 27.5 Å². The maximum Gasteiger partial charge on any atom is 0.167 e. The molecule has 0 aromatic heterocycles. The summed E-state index contributed by atoms with van der Waals surface area (Å²) in [6.07, 6.45) is -0.00480. The summed E-state index contributed by atoms with van der Waals surface area (Å²) >= 11 is 9.13. The molecular formula is C14H8BrClF2O. The number of halogens is 4. The van der Waals surface area contributed by atoms with Crippen molar-refractivity contribution in [3.05, 3.63) is 68.7 Å². The zero-order valence-electron chi connectivity index (χ0n) is 9.59. The molecule has 1 nitrogen and oxygen atoms in total. The highest BCUT2D eigenvalue weighted by Gasteiger charge is 2.11. The minimum absolute atomic E-state index is 0.00480. The molecule has 0 spiro atoms. The summed E-state index contributed by atoms with van der Waals surface area (Å²) in [5.74, 6) is -2.09. The molecular weight excluding hydrogens is 338 g/mol. The number of carbonyl (C=O) groups is 1. The van der Waals surface area contributed by atoms with Crippen LogP contribution in [0.1, 0.15) is 15.9 Å². The lowest BCUT2D eigenvalue weighted by molar-refractivity contribution is 0.0993. The van der Waals surface area contributed by atoms with Crippen molar-refractivity contribution in [2.75, 3.05) is 0 Å². The summed E-state index contributed by atoms with van der Waals surface area (Å²) in [7, 11) is 0. The molecule has 0 radical (unpaired) electrons. The minimum atomic E-state index is -0.959. The maximum atomic E-state index is 13.0. The number of hydrogen-bond acceptors (Lipinski definition) is 1. The van der Waals surface area contributed by atoms with E-state index in [-0.39, 0.29) is 12.2 Å². The molecule has 19 heavy (non-hydrogen) atoms. The molecule has 2 rings (SSSR count). The second-order valence-corrected chi connectivity index (χ2v) is 5.24. The van der Waals surface area contributed by atoms with Gasteiger partial charge >= 0.3 is 0 Å². The fraction of sp³-hybridized carbons (Fsp3) is 0.0714. The maximum absolute atomic E-state index is 13.0. The smallest absolute Gasteiger partial charge is 0.167 e. The summed E-state index contributed by atoms with van der Waals surface area (Å²) in [6, 6.07) is 8.24. The zero-order valence-corrected chi connectivity index (χ0v) is 11.9. The van der Waals surface area contributed by atoms with Gasteiger partial charge in [0.15, 0.2) is 17.4 Å². The van der Waals surface area contributed by atoms with E-state index in [2.05, 4.69) is 15.9 Å². The van der Waals surface area contributed by atoms with Crippen LogP contribution in [-0.4, -0.2) is 5.78 Å². The van der Waals surface area contributed by atoms with Crippen molar-refractivity contribution >= 4 is 33.3 Å². The highest BCUT2D eigenvalue weighted by atomic mass is 79.9. The summed E-state index contributed by atoms with van der Waals surface area (Å²) in [5.41, 5.74) is 0.848. The van der Waals surface area contributed by atoms with E-state index < -0.39 is 11.6 Å². The molecule has 0 amide bonds. The van der Waals surface area contributed by atoms with E-state index in [9.17, 15) is 13.6 Å². The third-order valence-corrected chi connectivity index (χ3v) is 3.82. The Morgan fingerprint density at radius 3 is 2.47 bits per heavy atom. The Morgan fingerprint density at radius 1 is 1.11 bits per heavy atom. The molecule has 5 heteroatoms. The average Bonchev–Trinajstić information content (AvgIpc) is 2.37. The monoisotopic (exact) mass is 344 g/mol. The Hall–Kier alpha value is -1.26. The molecule has 0 fully saturated rings. The molecule has 0 saturated carbocycles. The minimum Gasteiger partial charge on any atom is -0.294 e. The second-order valence-electron chi connectivity index (χ2n) is 3.98. The first-order chi connectivity index (χ1) is 8.97. The van der Waals surface area contributed by atoms with Gasteiger partial charge in [-0.15, -0.1) is 0 Å². The number of Topliss-reactive ketones (excluding diaryl/α,β-unsaturated/α-hetero) is 1. The third-order valence-electron chi connectivity index (χ3n) is 2.59. The van der Waals surface area contributed by atoms with Gasteiger partial charge in [0, 0.05) is 16.5 Å². The van der Waals surface area contributed by atoms with Crippen LogP contribution in [0.15, 0.2) is 40.9 Å². The number of benzene rings is 2. The van der Waals surface area contributed by atoms with Gasteiger partial charge in [-0.05, 0) is 45.8 Å². The van der Waals surface area contributed by atoms with Crippen molar-refractivity contribution in [2.45, 2.75) is 6.42 Å². The summed E-state index contributed by atoms with van der Waals surface area (Å²) < 4.78 is 26.5. The van der Waals surface area contributed by atoms with Crippen LogP contribution in [0.2, 0.25) is 5.02 Å². The van der Waals surface area contributed by atoms with Gasteiger partial charge in [-0.25, -0.2) is 8.78 Å². The van der Waals surface area contributed by atoms with Crippen molar-refractivity contribution in [3.63, 3.8) is 0 Å². The molecule has 0 aliphatic carbocycles. The molecule has 2 aromatic carbocycles. The van der Waals surface area contributed by atoms with Gasteiger partial charge in [0.1, 0.15) is 0 Å². The number of carbonyl (C=O) groups excluding carboxylic acids is 1. The molecule has 0 bridgehead atoms. The van der Waals surface area contributed by atoms with Gasteiger partial charge in [-0.1, -0.05) is 23.7 Å². The van der Waals surface area contributed by atoms with Crippen LogP contribution in [0, 0.1) is 11.6 Å². The van der Waals surface area contributed by atoms with Crippen LogP contribution in [0.3, 0.4) is 0 Å². The van der Waals surface area contributed by atoms with E-state index in [0.29, 0.717) is 20.6 Å². The van der Waals surface area contributed by atoms with Gasteiger partial charge in [-0.2, -0.15) is 0 Å². The van der Waals surface area contributed by atoms with E-state index in [4.69, 9.17) is 11.6 Å². The topological polar surface area (TPSA) is 17.1 Å². The molecule has 0 aliphatic heterocycles. The normalized spacial score (nSPS) is 10.5. The Kier molecular flexibility index (Phi) is 4.32. The first kappa shape index (κ1) is 14.2. The average molecular weight is 346 g/mol. The fourth-order valence-electron chi connectivity index (χ4n) is 1.61. The van der Waals surface area contributed by atoms with Crippen LogP contribution in [0.4, 0.5) is 8.78 Å². The molecule has 0 heterocycles. The van der Waals surface area contributed by atoms with Gasteiger partial charge in [-0.3, -0.25) is 4.79 Å². The first-order valence-corrected chi connectivity index (χ1v) is 6.56. The van der Waals surface area contributed by atoms with Crippen LogP contribution in [0.25, 0.3) is 0 Å². The predicted molar refractivity (Wildman–Crippen MR) is 73.5 cm³/mol. The lowest BCUT2D eigenvalue weighted by Gasteiger charge is -2.04. The standard InChI is InChI=1S/C14H8BrClF2O/c15-10-3-2-9(7-11(10)16)14(19)6-8-1-4-12(17)13(18)5-8/h1-5,7H,6H2. The van der Waals surface area contributed by atoms with E-state index in [1.54, 1.807) is 12.1 Å². The van der Waals surface area contributed by atoms with Crippen molar-refractivity contribution < 1.29 is 13.6 Å². The fourth-order valence-corrected chi connectivity index (χ4v) is 2.03. The Labute approximate surface area is 122 Å². The largest absolute Gasteiger partial charge is 0.294 e. The van der Waals surface area contributed by atoms with Crippen molar-refractivity contribution in [2.24, 2.45) is 0 Å². The Bertz CT molecular complexity index is 643.